The zero-order chi connectivity index (χ0) is 17.5. The summed E-state index contributed by atoms with van der Waals surface area (Å²) >= 11 is 1.26. The summed E-state index contributed by atoms with van der Waals surface area (Å²) in [4.78, 5) is 29.3. The van der Waals surface area contributed by atoms with Gasteiger partial charge >= 0.3 is 0 Å². The van der Waals surface area contributed by atoms with Crippen molar-refractivity contribution in [3.8, 4) is 0 Å². The van der Waals surface area contributed by atoms with Gasteiger partial charge in [0.2, 0.25) is 5.91 Å². The molecular formula is C17H21N3O3S. The predicted octanol–water partition coefficient (Wildman–Crippen LogP) is 1.83. The standard InChI is InChI=1S/C17H21N3O3S/c1-4-9-18-15(21)12(2)24-17-19-14-8-6-5-7-13(14)16(22)20(17)10-11-23-3/h4-8,12H,1,9-11H2,2-3H3,(H,18,21)/t12-/m1/s1. The normalized spacial score (nSPS) is 12.1. The van der Waals surface area contributed by atoms with E-state index in [0.717, 1.165) is 0 Å². The SMILES string of the molecule is C=CCNC(=O)[C@@H](C)Sc1nc2ccccc2c(=O)n1CCOC. The summed E-state index contributed by atoms with van der Waals surface area (Å²) in [6.07, 6.45) is 1.62. The van der Waals surface area contributed by atoms with E-state index in [1.807, 2.05) is 12.1 Å². The molecule has 128 valence electrons. The summed E-state index contributed by atoms with van der Waals surface area (Å²) in [5.74, 6) is -0.124. The van der Waals surface area contributed by atoms with Gasteiger partial charge in [0.1, 0.15) is 0 Å². The summed E-state index contributed by atoms with van der Waals surface area (Å²) < 4.78 is 6.65. The molecule has 0 unspecified atom stereocenters. The third kappa shape index (κ3) is 4.24. The van der Waals surface area contributed by atoms with E-state index in [1.165, 1.54) is 11.8 Å². The largest absolute Gasteiger partial charge is 0.383 e. The molecule has 0 aliphatic heterocycles. The zero-order valence-corrected chi connectivity index (χ0v) is 14.6. The lowest BCUT2D eigenvalue weighted by molar-refractivity contribution is -0.120. The summed E-state index contributed by atoms with van der Waals surface area (Å²) in [7, 11) is 1.58. The number of nitrogens with one attached hydrogen (secondary N) is 1. The maximum atomic E-state index is 12.7. The first-order valence-corrected chi connectivity index (χ1v) is 8.50. The monoisotopic (exact) mass is 347 g/mol. The van der Waals surface area contributed by atoms with Gasteiger partial charge in [0.05, 0.1) is 29.3 Å². The Bertz CT molecular complexity index is 788. The van der Waals surface area contributed by atoms with Crippen LogP contribution in [-0.4, -0.2) is 41.0 Å². The van der Waals surface area contributed by atoms with E-state index in [9.17, 15) is 9.59 Å². The van der Waals surface area contributed by atoms with Crippen LogP contribution < -0.4 is 10.9 Å². The minimum Gasteiger partial charge on any atom is -0.383 e. The van der Waals surface area contributed by atoms with Gasteiger partial charge in [0, 0.05) is 13.7 Å². The lowest BCUT2D eigenvalue weighted by Gasteiger charge is -2.15. The number of amides is 1. The Hall–Kier alpha value is -2.12. The Morgan fingerprint density at radius 2 is 2.25 bits per heavy atom. The number of para-hydroxylation sites is 1. The number of rotatable bonds is 8. The fraction of sp³-hybridized carbons (Fsp3) is 0.353. The molecule has 6 nitrogen and oxygen atoms in total. The molecule has 2 rings (SSSR count). The number of benzene rings is 1. The molecule has 1 atom stereocenters. The van der Waals surface area contributed by atoms with E-state index in [2.05, 4.69) is 16.9 Å². The topological polar surface area (TPSA) is 73.2 Å². The summed E-state index contributed by atoms with van der Waals surface area (Å²) in [5.41, 5.74) is 0.496. The Balaban J connectivity index is 2.37. The smallest absolute Gasteiger partial charge is 0.262 e. The number of thioether (sulfide) groups is 1. The van der Waals surface area contributed by atoms with E-state index < -0.39 is 0 Å². The minimum absolute atomic E-state index is 0.124. The minimum atomic E-state index is -0.383. The van der Waals surface area contributed by atoms with Gasteiger partial charge in [-0.25, -0.2) is 4.98 Å². The van der Waals surface area contributed by atoms with Crippen LogP contribution in [0.15, 0.2) is 46.9 Å². The third-order valence-corrected chi connectivity index (χ3v) is 4.51. The highest BCUT2D eigenvalue weighted by atomic mass is 32.2. The quantitative estimate of drug-likeness (QED) is 0.448. The van der Waals surface area contributed by atoms with Crippen LogP contribution in [0.3, 0.4) is 0 Å². The van der Waals surface area contributed by atoms with Crippen molar-refractivity contribution in [3.63, 3.8) is 0 Å². The lowest BCUT2D eigenvalue weighted by Crippen LogP contribution is -2.32. The number of hydrogen-bond acceptors (Lipinski definition) is 5. The van der Waals surface area contributed by atoms with Crippen molar-refractivity contribution in [1.29, 1.82) is 0 Å². The lowest BCUT2D eigenvalue weighted by atomic mass is 10.2. The zero-order valence-electron chi connectivity index (χ0n) is 13.8. The molecule has 0 bridgehead atoms. The number of fused-ring (bicyclic) bond motifs is 1. The second kappa shape index (κ2) is 8.65. The number of carbonyl (C=O) groups is 1. The summed E-state index contributed by atoms with van der Waals surface area (Å²) in [5, 5.41) is 3.43. The molecule has 1 aromatic heterocycles. The molecule has 0 aliphatic carbocycles. The summed E-state index contributed by atoms with van der Waals surface area (Å²) in [6, 6.07) is 7.19. The van der Waals surface area contributed by atoms with Crippen LogP contribution in [0.25, 0.3) is 10.9 Å². The van der Waals surface area contributed by atoms with E-state index in [1.54, 1.807) is 36.8 Å². The molecule has 0 spiro atoms. The second-order valence-corrected chi connectivity index (χ2v) is 6.46. The Morgan fingerprint density at radius 1 is 1.50 bits per heavy atom. The summed E-state index contributed by atoms with van der Waals surface area (Å²) in [6.45, 7) is 6.55. The molecule has 2 aromatic rings. The van der Waals surface area contributed by atoms with Crippen molar-refractivity contribution in [2.75, 3.05) is 20.3 Å². The molecule has 0 saturated carbocycles. The van der Waals surface area contributed by atoms with Crippen molar-refractivity contribution in [2.24, 2.45) is 0 Å². The highest BCUT2D eigenvalue weighted by molar-refractivity contribution is 8.00. The molecule has 1 amide bonds. The highest BCUT2D eigenvalue weighted by Crippen LogP contribution is 2.22. The number of aromatic nitrogens is 2. The van der Waals surface area contributed by atoms with Crippen LogP contribution in [0, 0.1) is 0 Å². The molecule has 0 radical (unpaired) electrons. The molecule has 0 saturated heterocycles. The van der Waals surface area contributed by atoms with Crippen LogP contribution in [0.1, 0.15) is 6.92 Å². The van der Waals surface area contributed by atoms with Gasteiger partial charge in [-0.2, -0.15) is 0 Å². The number of nitrogens with zero attached hydrogens (tertiary/aromatic N) is 2. The number of methoxy groups -OCH3 is 1. The first-order chi connectivity index (χ1) is 11.6. The van der Waals surface area contributed by atoms with Crippen molar-refractivity contribution in [3.05, 3.63) is 47.3 Å². The van der Waals surface area contributed by atoms with E-state index >= 15 is 0 Å². The van der Waals surface area contributed by atoms with Gasteiger partial charge in [0.25, 0.3) is 5.56 Å². The van der Waals surface area contributed by atoms with Crippen LogP contribution >= 0.6 is 11.8 Å². The maximum Gasteiger partial charge on any atom is 0.262 e. The van der Waals surface area contributed by atoms with Crippen LogP contribution in [0.4, 0.5) is 0 Å². The Labute approximate surface area is 144 Å². The van der Waals surface area contributed by atoms with Crippen molar-refractivity contribution >= 4 is 28.6 Å². The van der Waals surface area contributed by atoms with Gasteiger partial charge in [0.15, 0.2) is 5.16 Å². The van der Waals surface area contributed by atoms with Gasteiger partial charge in [-0.3, -0.25) is 14.2 Å². The van der Waals surface area contributed by atoms with Crippen LogP contribution in [-0.2, 0) is 16.1 Å². The van der Waals surface area contributed by atoms with Crippen LogP contribution in [0.2, 0.25) is 0 Å². The van der Waals surface area contributed by atoms with Crippen LogP contribution in [0.5, 0.6) is 0 Å². The molecule has 24 heavy (non-hydrogen) atoms. The van der Waals surface area contributed by atoms with E-state index in [-0.39, 0.29) is 16.7 Å². The first kappa shape index (κ1) is 18.2. The van der Waals surface area contributed by atoms with E-state index in [4.69, 9.17) is 4.74 Å². The number of ether oxygens (including phenoxy) is 1. The molecule has 1 aromatic carbocycles. The molecule has 0 fully saturated rings. The molecule has 7 heteroatoms. The van der Waals surface area contributed by atoms with Gasteiger partial charge in [-0.05, 0) is 19.1 Å². The first-order valence-electron chi connectivity index (χ1n) is 7.62. The van der Waals surface area contributed by atoms with Crippen molar-refractivity contribution < 1.29 is 9.53 Å². The van der Waals surface area contributed by atoms with E-state index in [0.29, 0.717) is 35.8 Å². The fourth-order valence-electron chi connectivity index (χ4n) is 2.15. The van der Waals surface area contributed by atoms with Crippen molar-refractivity contribution in [2.45, 2.75) is 23.9 Å². The molecule has 1 heterocycles. The molecule has 0 aliphatic rings. The van der Waals surface area contributed by atoms with Gasteiger partial charge < -0.3 is 10.1 Å². The predicted molar refractivity (Wildman–Crippen MR) is 96.4 cm³/mol. The Morgan fingerprint density at radius 3 is 2.96 bits per heavy atom. The maximum absolute atomic E-state index is 12.7. The highest BCUT2D eigenvalue weighted by Gasteiger charge is 2.18. The van der Waals surface area contributed by atoms with Gasteiger partial charge in [-0.1, -0.05) is 30.0 Å². The fourth-order valence-corrected chi connectivity index (χ4v) is 3.10. The second-order valence-electron chi connectivity index (χ2n) is 5.16. The van der Waals surface area contributed by atoms with Gasteiger partial charge in [-0.15, -0.1) is 6.58 Å². The molecule has 1 N–H and O–H groups in total. The number of hydrogen-bond donors (Lipinski definition) is 1. The third-order valence-electron chi connectivity index (χ3n) is 3.42. The Kier molecular flexibility index (Phi) is 6.57. The number of carbonyl (C=O) groups excluding carboxylic acids is 1. The average molecular weight is 347 g/mol. The molecular weight excluding hydrogens is 326 g/mol. The van der Waals surface area contributed by atoms with Crippen molar-refractivity contribution in [1.82, 2.24) is 14.9 Å². The average Bonchev–Trinajstić information content (AvgIpc) is 2.59.